The van der Waals surface area contributed by atoms with E-state index in [0.717, 1.165) is 41.4 Å². The van der Waals surface area contributed by atoms with Crippen LogP contribution in [0.1, 0.15) is 56.6 Å². The van der Waals surface area contributed by atoms with Gasteiger partial charge in [0.1, 0.15) is 12.2 Å². The maximum Gasteiger partial charge on any atom is 0.177 e. The van der Waals surface area contributed by atoms with Crippen molar-refractivity contribution in [1.82, 2.24) is 0 Å². The highest BCUT2D eigenvalue weighted by atomic mass is 16.1. The van der Waals surface area contributed by atoms with E-state index in [2.05, 4.69) is 17.0 Å². The third-order valence-corrected chi connectivity index (χ3v) is 6.71. The number of nitrogens with zero attached hydrogens (tertiary/aromatic N) is 2. The minimum atomic E-state index is -0.700. The molecule has 1 fully saturated rings. The van der Waals surface area contributed by atoms with E-state index in [9.17, 15) is 4.79 Å². The first-order valence-corrected chi connectivity index (χ1v) is 11.6. The molecule has 0 spiro atoms. The van der Waals surface area contributed by atoms with E-state index in [0.29, 0.717) is 0 Å². The molecule has 164 valence electrons. The number of anilines is 1. The summed E-state index contributed by atoms with van der Waals surface area (Å²) in [5, 5.41) is 0. The first kappa shape index (κ1) is 21.7. The molecule has 4 N–H and O–H groups in total. The van der Waals surface area contributed by atoms with Crippen LogP contribution in [0.4, 0.5) is 5.69 Å². The number of hydrogen-bond acceptors (Lipinski definition) is 5. The fourth-order valence-electron chi connectivity index (χ4n) is 4.93. The summed E-state index contributed by atoms with van der Waals surface area (Å²) in [5.41, 5.74) is 16.7. The van der Waals surface area contributed by atoms with Gasteiger partial charge in [-0.1, -0.05) is 80.6 Å². The van der Waals surface area contributed by atoms with Crippen LogP contribution in [0.15, 0.2) is 59.6 Å². The molecule has 4 rings (SSSR count). The van der Waals surface area contributed by atoms with Crippen molar-refractivity contribution in [2.75, 3.05) is 11.4 Å². The van der Waals surface area contributed by atoms with Crippen LogP contribution in [0.2, 0.25) is 0 Å². The number of benzene rings is 2. The van der Waals surface area contributed by atoms with Crippen molar-refractivity contribution in [2.24, 2.45) is 22.4 Å². The fraction of sp³-hybridized carbons (Fsp3) is 0.462. The van der Waals surface area contributed by atoms with Gasteiger partial charge in [-0.25, -0.2) is 0 Å². The van der Waals surface area contributed by atoms with Gasteiger partial charge in [0.25, 0.3) is 0 Å². The van der Waals surface area contributed by atoms with Crippen molar-refractivity contribution in [2.45, 2.75) is 63.7 Å². The Labute approximate surface area is 185 Å². The number of ketones is 1. The van der Waals surface area contributed by atoms with Crippen molar-refractivity contribution in [3.63, 3.8) is 0 Å². The Hall–Kier alpha value is -2.50. The molecule has 1 aliphatic heterocycles. The van der Waals surface area contributed by atoms with Crippen LogP contribution in [0, 0.1) is 5.92 Å². The predicted octanol–water partition coefficient (Wildman–Crippen LogP) is 3.88. The molecule has 3 atom stereocenters. The van der Waals surface area contributed by atoms with E-state index in [4.69, 9.17) is 16.5 Å². The standard InChI is InChI=1S/C26H34N4O/c1-18(27)25(31)24-26(28)30(17-16-19-10-4-2-5-11-19)22-15-9-8-14-21(22)23(29-24)20-12-6-3-7-13-20/h3,6-9,12-15,18-19,24,26H,2,4-5,10-11,16-17,27-28H2,1H3. The maximum absolute atomic E-state index is 13.1. The number of fused-ring (bicyclic) bond motifs is 1. The van der Waals surface area contributed by atoms with Crippen molar-refractivity contribution >= 4 is 17.2 Å². The summed E-state index contributed by atoms with van der Waals surface area (Å²) < 4.78 is 0. The first-order chi connectivity index (χ1) is 15.1. The van der Waals surface area contributed by atoms with Gasteiger partial charge in [0.05, 0.1) is 11.8 Å². The summed E-state index contributed by atoms with van der Waals surface area (Å²) in [7, 11) is 0. The zero-order valence-corrected chi connectivity index (χ0v) is 18.4. The van der Waals surface area contributed by atoms with Gasteiger partial charge in [0.2, 0.25) is 0 Å². The van der Waals surface area contributed by atoms with Crippen molar-refractivity contribution in [3.05, 3.63) is 65.7 Å². The molecule has 0 radical (unpaired) electrons. The van der Waals surface area contributed by atoms with Gasteiger partial charge in [-0.15, -0.1) is 0 Å². The normalized spacial score (nSPS) is 22.9. The Morgan fingerprint density at radius 3 is 2.45 bits per heavy atom. The van der Waals surface area contributed by atoms with E-state index in [1.807, 2.05) is 42.5 Å². The summed E-state index contributed by atoms with van der Waals surface area (Å²) in [6.07, 6.45) is 7.12. The topological polar surface area (TPSA) is 84.7 Å². The number of hydrogen-bond donors (Lipinski definition) is 2. The van der Waals surface area contributed by atoms with E-state index in [1.54, 1.807) is 6.92 Å². The predicted molar refractivity (Wildman–Crippen MR) is 127 cm³/mol. The Morgan fingerprint density at radius 1 is 1.06 bits per heavy atom. The summed E-state index contributed by atoms with van der Waals surface area (Å²) in [6, 6.07) is 17.0. The number of Topliss-reactive ketones (excluding diaryl/α,β-unsaturated/α-hetero) is 1. The van der Waals surface area contributed by atoms with E-state index in [-0.39, 0.29) is 5.78 Å². The molecule has 5 nitrogen and oxygen atoms in total. The molecule has 2 aromatic carbocycles. The number of para-hydroxylation sites is 1. The Kier molecular flexibility index (Phi) is 6.83. The lowest BCUT2D eigenvalue weighted by Gasteiger charge is -2.35. The number of rotatable bonds is 6. The number of carbonyl (C=O) groups excluding carboxylic acids is 1. The monoisotopic (exact) mass is 418 g/mol. The number of benzodiazepines with no additional fused rings is 1. The maximum atomic E-state index is 13.1. The van der Waals surface area contributed by atoms with Gasteiger partial charge < -0.3 is 16.4 Å². The zero-order chi connectivity index (χ0) is 21.8. The van der Waals surface area contributed by atoms with E-state index in [1.165, 1.54) is 32.1 Å². The molecule has 1 saturated carbocycles. The Morgan fingerprint density at radius 2 is 1.74 bits per heavy atom. The second-order valence-corrected chi connectivity index (χ2v) is 8.97. The largest absolute Gasteiger partial charge is 0.353 e. The van der Waals surface area contributed by atoms with Crippen molar-refractivity contribution in [3.8, 4) is 0 Å². The summed E-state index contributed by atoms with van der Waals surface area (Å²) in [6.45, 7) is 2.54. The molecule has 31 heavy (non-hydrogen) atoms. The number of nitrogens with two attached hydrogens (primary N) is 2. The van der Waals surface area contributed by atoms with Gasteiger partial charge >= 0.3 is 0 Å². The van der Waals surface area contributed by atoms with Crippen LogP contribution in [0.25, 0.3) is 0 Å². The highest BCUT2D eigenvalue weighted by Crippen LogP contribution is 2.32. The van der Waals surface area contributed by atoms with Crippen LogP contribution >= 0.6 is 0 Å². The van der Waals surface area contributed by atoms with Crippen molar-refractivity contribution < 1.29 is 4.79 Å². The van der Waals surface area contributed by atoms with E-state index >= 15 is 0 Å². The third-order valence-electron chi connectivity index (χ3n) is 6.71. The SMILES string of the molecule is CC(N)C(=O)C1N=C(c2ccccc2)c2ccccc2N(CCC2CCCCC2)C1N. The minimum absolute atomic E-state index is 0.114. The van der Waals surface area contributed by atoms with Crippen LogP contribution in [0.3, 0.4) is 0 Å². The summed E-state index contributed by atoms with van der Waals surface area (Å²) in [4.78, 5) is 20.3. The molecular weight excluding hydrogens is 384 g/mol. The van der Waals surface area contributed by atoms with Gasteiger partial charge in [0.15, 0.2) is 5.78 Å². The molecular formula is C26H34N4O. The summed E-state index contributed by atoms with van der Waals surface area (Å²) >= 11 is 0. The minimum Gasteiger partial charge on any atom is -0.353 e. The summed E-state index contributed by atoms with van der Waals surface area (Å²) in [5.74, 6) is 0.616. The van der Waals surface area contributed by atoms with Crippen molar-refractivity contribution in [1.29, 1.82) is 0 Å². The zero-order valence-electron chi connectivity index (χ0n) is 18.4. The molecule has 0 amide bonds. The smallest absolute Gasteiger partial charge is 0.177 e. The van der Waals surface area contributed by atoms with Gasteiger partial charge in [-0.3, -0.25) is 9.79 Å². The molecule has 0 saturated heterocycles. The van der Waals surface area contributed by atoms with Crippen LogP contribution < -0.4 is 16.4 Å². The molecule has 2 aliphatic rings. The average molecular weight is 419 g/mol. The number of carbonyl (C=O) groups is 1. The number of aliphatic imine (C=N–C) groups is 1. The highest BCUT2D eigenvalue weighted by molar-refractivity contribution is 6.17. The molecule has 1 aliphatic carbocycles. The van der Waals surface area contributed by atoms with Gasteiger partial charge in [0, 0.05) is 23.4 Å². The second-order valence-electron chi connectivity index (χ2n) is 8.97. The van der Waals surface area contributed by atoms with Crippen LogP contribution in [-0.4, -0.2) is 36.3 Å². The third kappa shape index (κ3) is 4.73. The van der Waals surface area contributed by atoms with Gasteiger partial charge in [-0.2, -0.15) is 0 Å². The second kappa shape index (κ2) is 9.75. The molecule has 0 aromatic heterocycles. The molecule has 5 heteroatoms. The average Bonchev–Trinajstić information content (AvgIpc) is 2.93. The molecule has 0 bridgehead atoms. The lowest BCUT2D eigenvalue weighted by Crippen LogP contribution is -2.55. The van der Waals surface area contributed by atoms with Crippen LogP contribution in [0.5, 0.6) is 0 Å². The lowest BCUT2D eigenvalue weighted by atomic mass is 9.86. The van der Waals surface area contributed by atoms with E-state index < -0.39 is 18.2 Å². The molecule has 3 unspecified atom stereocenters. The van der Waals surface area contributed by atoms with Crippen LogP contribution in [-0.2, 0) is 4.79 Å². The fourth-order valence-corrected chi connectivity index (χ4v) is 4.93. The quantitative estimate of drug-likeness (QED) is 0.745. The lowest BCUT2D eigenvalue weighted by molar-refractivity contribution is -0.121. The molecule has 1 heterocycles. The Balaban J connectivity index is 1.75. The first-order valence-electron chi connectivity index (χ1n) is 11.6. The van der Waals surface area contributed by atoms with Gasteiger partial charge in [-0.05, 0) is 25.3 Å². The molecule has 2 aromatic rings. The Bertz CT molecular complexity index is 918. The highest BCUT2D eigenvalue weighted by Gasteiger charge is 2.36.